The van der Waals surface area contributed by atoms with Crippen molar-refractivity contribution in [2.45, 2.75) is 53.5 Å². The highest BCUT2D eigenvalue weighted by atomic mass is 16.5. The fraction of sp³-hybridized carbons (Fsp3) is 0.455. The summed E-state index contributed by atoms with van der Waals surface area (Å²) in [5.74, 6) is 0.663. The van der Waals surface area contributed by atoms with Crippen molar-refractivity contribution in [1.29, 1.82) is 0 Å². The number of fused-ring (bicyclic) bond motifs is 1. The van der Waals surface area contributed by atoms with E-state index >= 15 is 0 Å². The summed E-state index contributed by atoms with van der Waals surface area (Å²) in [7, 11) is 0. The lowest BCUT2D eigenvalue weighted by atomic mass is 10.0. The second-order valence-corrected chi connectivity index (χ2v) is 6.90. The van der Waals surface area contributed by atoms with E-state index in [9.17, 15) is 5.11 Å². The minimum absolute atomic E-state index is 0.0249. The first kappa shape index (κ1) is 19.4. The number of nitrogens with zero attached hydrogens (tertiary/aromatic N) is 3. The van der Waals surface area contributed by atoms with Crippen LogP contribution in [0.25, 0.3) is 22.3 Å². The first-order valence-corrected chi connectivity index (χ1v) is 9.78. The highest BCUT2D eigenvalue weighted by molar-refractivity contribution is 5.84. The monoisotopic (exact) mass is 367 g/mol. The standard InChI is InChI=1S/C22H29N3O2/c1-6-16-11-19-21(14(4)12-25(19)15(5)13-26)24-22(16)17-9-10-20(27-8-3)23-18(17)7-2/h9-12,15,26H,6-8,13H2,1-5H3/t15-/m0/s1. The summed E-state index contributed by atoms with van der Waals surface area (Å²) in [5, 5.41) is 9.59. The van der Waals surface area contributed by atoms with Crippen molar-refractivity contribution < 1.29 is 9.84 Å². The normalized spacial score (nSPS) is 12.5. The van der Waals surface area contributed by atoms with E-state index in [4.69, 9.17) is 9.72 Å². The zero-order valence-corrected chi connectivity index (χ0v) is 16.9. The molecule has 5 heteroatoms. The number of aromatic nitrogens is 3. The van der Waals surface area contributed by atoms with Gasteiger partial charge in [-0.15, -0.1) is 0 Å². The molecule has 3 heterocycles. The van der Waals surface area contributed by atoms with E-state index in [1.54, 1.807) is 0 Å². The van der Waals surface area contributed by atoms with E-state index in [1.165, 1.54) is 5.56 Å². The molecule has 3 aromatic heterocycles. The summed E-state index contributed by atoms with van der Waals surface area (Å²) in [4.78, 5) is 9.74. The van der Waals surface area contributed by atoms with Crippen LogP contribution >= 0.6 is 0 Å². The molecule has 0 amide bonds. The predicted octanol–water partition coefficient (Wildman–Crippen LogP) is 4.48. The van der Waals surface area contributed by atoms with E-state index in [0.29, 0.717) is 12.5 Å². The van der Waals surface area contributed by atoms with Crippen LogP contribution < -0.4 is 4.74 Å². The van der Waals surface area contributed by atoms with Gasteiger partial charge in [0.25, 0.3) is 0 Å². The average molecular weight is 367 g/mol. The van der Waals surface area contributed by atoms with Crippen LogP contribution in [0.2, 0.25) is 0 Å². The van der Waals surface area contributed by atoms with Gasteiger partial charge in [0.1, 0.15) is 0 Å². The molecule has 5 nitrogen and oxygen atoms in total. The fourth-order valence-electron chi connectivity index (χ4n) is 3.52. The number of hydrogen-bond donors (Lipinski definition) is 1. The quantitative estimate of drug-likeness (QED) is 0.669. The third kappa shape index (κ3) is 3.56. The van der Waals surface area contributed by atoms with E-state index in [-0.39, 0.29) is 12.6 Å². The van der Waals surface area contributed by atoms with Crippen LogP contribution in [-0.4, -0.2) is 32.9 Å². The van der Waals surface area contributed by atoms with E-state index < -0.39 is 0 Å². The molecular formula is C22H29N3O2. The largest absolute Gasteiger partial charge is 0.478 e. The summed E-state index contributed by atoms with van der Waals surface area (Å²) in [6.07, 6.45) is 3.78. The lowest BCUT2D eigenvalue weighted by Gasteiger charge is -2.15. The van der Waals surface area contributed by atoms with Gasteiger partial charge in [0, 0.05) is 17.8 Å². The van der Waals surface area contributed by atoms with Gasteiger partial charge in [0.2, 0.25) is 5.88 Å². The summed E-state index contributed by atoms with van der Waals surface area (Å²) in [6, 6.07) is 6.24. The molecule has 0 aliphatic rings. The summed E-state index contributed by atoms with van der Waals surface area (Å²) in [6.45, 7) is 11.0. The van der Waals surface area contributed by atoms with Gasteiger partial charge in [0.05, 0.1) is 41.7 Å². The van der Waals surface area contributed by atoms with E-state index in [2.05, 4.69) is 48.7 Å². The minimum Gasteiger partial charge on any atom is -0.478 e. The molecule has 144 valence electrons. The van der Waals surface area contributed by atoms with Crippen molar-refractivity contribution >= 4 is 11.0 Å². The Balaban J connectivity index is 2.21. The molecule has 0 fully saturated rings. The number of rotatable bonds is 7. The van der Waals surface area contributed by atoms with Crippen LogP contribution in [-0.2, 0) is 12.8 Å². The Hall–Kier alpha value is -2.40. The second-order valence-electron chi connectivity index (χ2n) is 6.90. The molecule has 3 aromatic rings. The fourth-order valence-corrected chi connectivity index (χ4v) is 3.52. The number of pyridine rings is 2. The minimum atomic E-state index is 0.0249. The maximum Gasteiger partial charge on any atom is 0.213 e. The van der Waals surface area contributed by atoms with Gasteiger partial charge in [-0.05, 0) is 56.9 Å². The van der Waals surface area contributed by atoms with Crippen LogP contribution in [0.4, 0.5) is 0 Å². The van der Waals surface area contributed by atoms with Gasteiger partial charge in [-0.2, -0.15) is 0 Å². The lowest BCUT2D eigenvalue weighted by Crippen LogP contribution is -2.08. The van der Waals surface area contributed by atoms with Crippen molar-refractivity contribution in [2.24, 2.45) is 0 Å². The molecule has 1 N–H and O–H groups in total. The number of aryl methyl sites for hydroxylation is 3. The summed E-state index contributed by atoms with van der Waals surface area (Å²) < 4.78 is 7.69. The first-order chi connectivity index (χ1) is 13.0. The molecule has 0 saturated heterocycles. The van der Waals surface area contributed by atoms with Crippen molar-refractivity contribution in [1.82, 2.24) is 14.5 Å². The third-order valence-electron chi connectivity index (χ3n) is 5.02. The molecular weight excluding hydrogens is 338 g/mol. The molecule has 0 radical (unpaired) electrons. The second kappa shape index (κ2) is 8.09. The Kier molecular flexibility index (Phi) is 5.80. The van der Waals surface area contributed by atoms with Crippen LogP contribution in [0, 0.1) is 6.92 Å². The molecule has 0 aliphatic heterocycles. The van der Waals surface area contributed by atoms with Gasteiger partial charge in [-0.3, -0.25) is 0 Å². The average Bonchev–Trinajstić information content (AvgIpc) is 3.02. The van der Waals surface area contributed by atoms with Gasteiger partial charge in [-0.25, -0.2) is 9.97 Å². The van der Waals surface area contributed by atoms with Crippen LogP contribution in [0.15, 0.2) is 24.4 Å². The number of ether oxygens (including phenoxy) is 1. The Morgan fingerprint density at radius 2 is 1.93 bits per heavy atom. The van der Waals surface area contributed by atoms with E-state index in [1.807, 2.05) is 19.9 Å². The molecule has 0 aromatic carbocycles. The summed E-state index contributed by atoms with van der Waals surface area (Å²) in [5.41, 5.74) is 7.43. The Labute approximate surface area is 161 Å². The van der Waals surface area contributed by atoms with Gasteiger partial charge >= 0.3 is 0 Å². The maximum atomic E-state index is 9.59. The predicted molar refractivity (Wildman–Crippen MR) is 109 cm³/mol. The number of aliphatic hydroxyl groups is 1. The van der Waals surface area contributed by atoms with Crippen molar-refractivity contribution in [3.05, 3.63) is 41.2 Å². The zero-order chi connectivity index (χ0) is 19.6. The highest BCUT2D eigenvalue weighted by Crippen LogP contribution is 2.32. The molecule has 1 atom stereocenters. The SMILES string of the molecule is CCOc1ccc(-c2nc3c(C)cn([C@@H](C)CO)c3cc2CC)c(CC)n1. The van der Waals surface area contributed by atoms with Crippen LogP contribution in [0.5, 0.6) is 5.88 Å². The first-order valence-electron chi connectivity index (χ1n) is 9.78. The van der Waals surface area contributed by atoms with Gasteiger partial charge < -0.3 is 14.4 Å². The Bertz CT molecular complexity index is 946. The molecule has 27 heavy (non-hydrogen) atoms. The van der Waals surface area contributed by atoms with Gasteiger partial charge in [-0.1, -0.05) is 13.8 Å². The summed E-state index contributed by atoms with van der Waals surface area (Å²) >= 11 is 0. The van der Waals surface area contributed by atoms with Crippen molar-refractivity contribution in [3.63, 3.8) is 0 Å². The topological polar surface area (TPSA) is 60.2 Å². The smallest absolute Gasteiger partial charge is 0.213 e. The molecule has 0 unspecified atom stereocenters. The Morgan fingerprint density at radius 1 is 1.15 bits per heavy atom. The maximum absolute atomic E-state index is 9.59. The molecule has 0 aliphatic carbocycles. The van der Waals surface area contributed by atoms with Crippen molar-refractivity contribution in [3.8, 4) is 17.1 Å². The zero-order valence-electron chi connectivity index (χ0n) is 16.9. The number of hydrogen-bond acceptors (Lipinski definition) is 4. The van der Waals surface area contributed by atoms with Crippen LogP contribution in [0.3, 0.4) is 0 Å². The molecule has 3 rings (SSSR count). The highest BCUT2D eigenvalue weighted by Gasteiger charge is 2.18. The van der Waals surface area contributed by atoms with Gasteiger partial charge in [0.15, 0.2) is 0 Å². The lowest BCUT2D eigenvalue weighted by molar-refractivity contribution is 0.241. The van der Waals surface area contributed by atoms with Crippen LogP contribution in [0.1, 0.15) is 50.6 Å². The molecule has 0 spiro atoms. The molecule has 0 bridgehead atoms. The number of aliphatic hydroxyl groups excluding tert-OH is 1. The molecule has 0 saturated carbocycles. The van der Waals surface area contributed by atoms with Crippen molar-refractivity contribution in [2.75, 3.05) is 13.2 Å². The Morgan fingerprint density at radius 3 is 2.56 bits per heavy atom. The third-order valence-corrected chi connectivity index (χ3v) is 5.02. The van der Waals surface area contributed by atoms with E-state index in [0.717, 1.165) is 46.4 Å².